The highest BCUT2D eigenvalue weighted by atomic mass is 79.9. The van der Waals surface area contributed by atoms with E-state index in [1.54, 1.807) is 12.1 Å². The van der Waals surface area contributed by atoms with Crippen molar-refractivity contribution in [3.63, 3.8) is 0 Å². The van der Waals surface area contributed by atoms with Crippen LogP contribution in [0.3, 0.4) is 0 Å². The van der Waals surface area contributed by atoms with Crippen molar-refractivity contribution in [3.05, 3.63) is 40.2 Å². The Kier molecular flexibility index (Phi) is 3.38. The molecule has 0 saturated heterocycles. The first-order valence-electron chi connectivity index (χ1n) is 4.90. The van der Waals surface area contributed by atoms with Gasteiger partial charge in [0, 0.05) is 16.1 Å². The largest absolute Gasteiger partial charge is 0.469 e. The fourth-order valence-electron chi connectivity index (χ4n) is 1.55. The number of hydrogen-bond acceptors (Lipinski definition) is 3. The van der Waals surface area contributed by atoms with Crippen molar-refractivity contribution in [2.24, 2.45) is 0 Å². The molecular formula is C12H9BrFNO2. The van der Waals surface area contributed by atoms with Gasteiger partial charge in [-0.1, -0.05) is 15.9 Å². The van der Waals surface area contributed by atoms with Gasteiger partial charge in [0.2, 0.25) is 0 Å². The van der Waals surface area contributed by atoms with Crippen molar-refractivity contribution in [1.29, 1.82) is 0 Å². The van der Waals surface area contributed by atoms with Crippen molar-refractivity contribution >= 4 is 32.8 Å². The highest BCUT2D eigenvalue weighted by Crippen LogP contribution is 2.22. The quantitative estimate of drug-likeness (QED) is 0.800. The summed E-state index contributed by atoms with van der Waals surface area (Å²) in [7, 11) is 1.33. The molecule has 17 heavy (non-hydrogen) atoms. The number of rotatable bonds is 2. The molecule has 0 spiro atoms. The average molecular weight is 298 g/mol. The monoisotopic (exact) mass is 297 g/mol. The van der Waals surface area contributed by atoms with Crippen LogP contribution in [-0.4, -0.2) is 18.1 Å². The molecule has 1 aromatic heterocycles. The van der Waals surface area contributed by atoms with Crippen LogP contribution in [-0.2, 0) is 16.0 Å². The number of benzene rings is 1. The molecule has 88 valence electrons. The molecule has 2 aromatic rings. The Balaban J connectivity index is 2.46. The van der Waals surface area contributed by atoms with Gasteiger partial charge in [-0.2, -0.15) is 0 Å². The molecule has 0 fully saturated rings. The molecule has 0 aliphatic rings. The third kappa shape index (κ3) is 2.61. The van der Waals surface area contributed by atoms with Crippen molar-refractivity contribution in [1.82, 2.24) is 4.98 Å². The van der Waals surface area contributed by atoms with E-state index in [0.717, 1.165) is 0 Å². The first kappa shape index (κ1) is 12.0. The Labute approximate surface area is 106 Å². The number of esters is 1. The fourth-order valence-corrected chi connectivity index (χ4v) is 2.00. The lowest BCUT2D eigenvalue weighted by Crippen LogP contribution is -2.04. The molecule has 0 aliphatic carbocycles. The number of methoxy groups -OCH3 is 1. The van der Waals surface area contributed by atoms with E-state index in [0.29, 0.717) is 20.9 Å². The summed E-state index contributed by atoms with van der Waals surface area (Å²) in [5, 5.41) is 0.651. The number of ether oxygens (including phenoxy) is 1. The Bertz CT molecular complexity index is 586. The summed E-state index contributed by atoms with van der Waals surface area (Å²) in [6.07, 6.45) is 1.61. The molecule has 1 aromatic carbocycles. The van der Waals surface area contributed by atoms with Gasteiger partial charge in [-0.05, 0) is 23.8 Å². The maximum atomic E-state index is 13.5. The Morgan fingerprint density at radius 2 is 2.24 bits per heavy atom. The number of halogens is 2. The molecular weight excluding hydrogens is 289 g/mol. The van der Waals surface area contributed by atoms with Gasteiger partial charge in [-0.25, -0.2) is 4.39 Å². The fraction of sp³-hybridized carbons (Fsp3) is 0.167. The van der Waals surface area contributed by atoms with Gasteiger partial charge in [0.25, 0.3) is 0 Å². The molecule has 0 N–H and O–H groups in total. The molecule has 5 heteroatoms. The summed E-state index contributed by atoms with van der Waals surface area (Å²) >= 11 is 3.21. The van der Waals surface area contributed by atoms with Crippen molar-refractivity contribution < 1.29 is 13.9 Å². The van der Waals surface area contributed by atoms with Crippen LogP contribution in [0.25, 0.3) is 10.9 Å². The predicted octanol–water partition coefficient (Wildman–Crippen LogP) is 2.85. The lowest BCUT2D eigenvalue weighted by atomic mass is 10.1. The Morgan fingerprint density at radius 1 is 1.47 bits per heavy atom. The Hall–Kier alpha value is -1.49. The van der Waals surface area contributed by atoms with E-state index < -0.39 is 0 Å². The Morgan fingerprint density at radius 3 is 2.94 bits per heavy atom. The van der Waals surface area contributed by atoms with E-state index in [9.17, 15) is 9.18 Å². The van der Waals surface area contributed by atoms with Gasteiger partial charge in [-0.15, -0.1) is 0 Å². The zero-order valence-corrected chi connectivity index (χ0v) is 10.6. The van der Waals surface area contributed by atoms with Crippen LogP contribution in [0.1, 0.15) is 5.56 Å². The second kappa shape index (κ2) is 4.79. The van der Waals surface area contributed by atoms with Gasteiger partial charge in [-0.3, -0.25) is 9.78 Å². The van der Waals surface area contributed by atoms with Crippen LogP contribution in [0.5, 0.6) is 0 Å². The number of fused-ring (bicyclic) bond motifs is 1. The van der Waals surface area contributed by atoms with Crippen LogP contribution >= 0.6 is 15.9 Å². The molecule has 0 saturated carbocycles. The summed E-state index contributed by atoms with van der Waals surface area (Å²) in [6.45, 7) is 0. The summed E-state index contributed by atoms with van der Waals surface area (Å²) in [6, 6.07) is 4.84. The van der Waals surface area contributed by atoms with E-state index >= 15 is 0 Å². The molecule has 0 aliphatic heterocycles. The minimum Gasteiger partial charge on any atom is -0.469 e. The van der Waals surface area contributed by atoms with Crippen LogP contribution in [0.4, 0.5) is 4.39 Å². The smallest absolute Gasteiger partial charge is 0.310 e. The second-order valence-corrected chi connectivity index (χ2v) is 4.47. The lowest BCUT2D eigenvalue weighted by Gasteiger charge is -2.03. The highest BCUT2D eigenvalue weighted by Gasteiger charge is 2.08. The van der Waals surface area contributed by atoms with E-state index in [2.05, 4.69) is 25.7 Å². The molecule has 0 unspecified atom stereocenters. The van der Waals surface area contributed by atoms with Crippen molar-refractivity contribution in [2.45, 2.75) is 6.42 Å². The van der Waals surface area contributed by atoms with Crippen LogP contribution in [0.2, 0.25) is 0 Å². The lowest BCUT2D eigenvalue weighted by molar-refractivity contribution is -0.139. The maximum Gasteiger partial charge on any atom is 0.310 e. The molecule has 0 amide bonds. The summed E-state index contributed by atoms with van der Waals surface area (Å²) in [4.78, 5) is 15.1. The standard InChI is InChI=1S/C12H9BrFNO2/c1-17-11(16)3-7-2-8-4-9(13)5-10(14)12(8)15-6-7/h2,4-6H,3H2,1H3. The third-order valence-corrected chi connectivity index (χ3v) is 2.79. The second-order valence-electron chi connectivity index (χ2n) is 3.56. The summed E-state index contributed by atoms with van der Waals surface area (Å²) < 4.78 is 18.7. The number of aromatic nitrogens is 1. The van der Waals surface area contributed by atoms with Gasteiger partial charge >= 0.3 is 5.97 Å². The molecule has 2 rings (SSSR count). The number of pyridine rings is 1. The first-order valence-corrected chi connectivity index (χ1v) is 5.70. The molecule has 0 radical (unpaired) electrons. The number of hydrogen-bond donors (Lipinski definition) is 0. The average Bonchev–Trinajstić information content (AvgIpc) is 2.28. The zero-order chi connectivity index (χ0) is 12.4. The van der Waals surface area contributed by atoms with E-state index in [1.165, 1.54) is 19.4 Å². The molecule has 3 nitrogen and oxygen atoms in total. The van der Waals surface area contributed by atoms with Crippen molar-refractivity contribution in [3.8, 4) is 0 Å². The predicted molar refractivity (Wildman–Crippen MR) is 65.1 cm³/mol. The number of carbonyl (C=O) groups excluding carboxylic acids is 1. The van der Waals surface area contributed by atoms with E-state index in [4.69, 9.17) is 0 Å². The van der Waals surface area contributed by atoms with E-state index in [1.807, 2.05) is 0 Å². The van der Waals surface area contributed by atoms with Gasteiger partial charge in [0.05, 0.1) is 13.5 Å². The molecule has 0 atom stereocenters. The van der Waals surface area contributed by atoms with Gasteiger partial charge in [0.15, 0.2) is 5.82 Å². The first-order chi connectivity index (χ1) is 8.10. The zero-order valence-electron chi connectivity index (χ0n) is 9.04. The molecule has 0 bridgehead atoms. The highest BCUT2D eigenvalue weighted by molar-refractivity contribution is 9.10. The van der Waals surface area contributed by atoms with Crippen LogP contribution in [0, 0.1) is 5.82 Å². The topological polar surface area (TPSA) is 39.2 Å². The molecule has 1 heterocycles. The minimum absolute atomic E-state index is 0.133. The minimum atomic E-state index is -0.390. The van der Waals surface area contributed by atoms with E-state index in [-0.39, 0.29) is 18.2 Å². The van der Waals surface area contributed by atoms with Crippen LogP contribution < -0.4 is 0 Å². The normalized spacial score (nSPS) is 10.5. The summed E-state index contributed by atoms with van der Waals surface area (Å²) in [5.41, 5.74) is 0.990. The SMILES string of the molecule is COC(=O)Cc1cnc2c(F)cc(Br)cc2c1. The number of carbonyl (C=O) groups is 1. The van der Waals surface area contributed by atoms with Crippen LogP contribution in [0.15, 0.2) is 28.9 Å². The van der Waals surface area contributed by atoms with Gasteiger partial charge < -0.3 is 4.74 Å². The number of nitrogens with zero attached hydrogens (tertiary/aromatic N) is 1. The van der Waals surface area contributed by atoms with Crippen molar-refractivity contribution in [2.75, 3.05) is 7.11 Å². The van der Waals surface area contributed by atoms with Gasteiger partial charge in [0.1, 0.15) is 5.52 Å². The maximum absolute atomic E-state index is 13.5. The summed E-state index contributed by atoms with van der Waals surface area (Å²) in [5.74, 6) is -0.736. The third-order valence-electron chi connectivity index (χ3n) is 2.33.